The van der Waals surface area contributed by atoms with Crippen molar-refractivity contribution in [1.29, 1.82) is 0 Å². The number of carboxylic acids is 1. The van der Waals surface area contributed by atoms with E-state index in [1.165, 1.54) is 4.68 Å². The molecule has 144 valence electrons. The number of pyridine rings is 1. The lowest BCUT2D eigenvalue weighted by atomic mass is 9.94. The molecule has 1 aliphatic heterocycles. The Labute approximate surface area is 158 Å². The molecule has 0 aliphatic carbocycles. The summed E-state index contributed by atoms with van der Waals surface area (Å²) in [5, 5.41) is 13.1. The predicted octanol–water partition coefficient (Wildman–Crippen LogP) is 1.20. The summed E-state index contributed by atoms with van der Waals surface area (Å²) in [4.78, 5) is 31.9. The molecule has 2 aromatic rings. The van der Waals surface area contributed by atoms with Gasteiger partial charge in [0, 0.05) is 43.6 Å². The molecule has 3 rings (SSSR count). The van der Waals surface area contributed by atoms with Crippen LogP contribution in [-0.4, -0.2) is 68.2 Å². The fourth-order valence-corrected chi connectivity index (χ4v) is 3.55. The van der Waals surface area contributed by atoms with Gasteiger partial charge in [-0.15, -0.1) is 0 Å². The number of carboxylic acid groups (broad SMARTS) is 1. The molecule has 1 amide bonds. The van der Waals surface area contributed by atoms with E-state index in [0.717, 1.165) is 30.8 Å². The van der Waals surface area contributed by atoms with Gasteiger partial charge in [0.2, 0.25) is 5.91 Å². The quantitative estimate of drug-likeness (QED) is 0.786. The zero-order valence-electron chi connectivity index (χ0n) is 15.5. The average molecular weight is 371 g/mol. The molecule has 1 atom stereocenters. The van der Waals surface area contributed by atoms with Gasteiger partial charge in [0.15, 0.2) is 0 Å². The van der Waals surface area contributed by atoms with Gasteiger partial charge < -0.3 is 10.0 Å². The summed E-state index contributed by atoms with van der Waals surface area (Å²) < 4.78 is 1.52. The van der Waals surface area contributed by atoms with E-state index in [4.69, 9.17) is 5.11 Å². The Morgan fingerprint density at radius 1 is 1.30 bits per heavy atom. The van der Waals surface area contributed by atoms with Crippen LogP contribution in [0.4, 0.5) is 0 Å². The smallest absolute Gasteiger partial charge is 0.325 e. The summed E-state index contributed by atoms with van der Waals surface area (Å²) in [7, 11) is 1.91. The molecular formula is C19H25N5O3. The van der Waals surface area contributed by atoms with E-state index in [9.17, 15) is 9.59 Å². The Hall–Kier alpha value is -2.74. The lowest BCUT2D eigenvalue weighted by molar-refractivity contribution is -0.138. The number of aromatic nitrogens is 3. The zero-order valence-corrected chi connectivity index (χ0v) is 15.5. The molecule has 0 radical (unpaired) electrons. The third-order valence-corrected chi connectivity index (χ3v) is 4.79. The van der Waals surface area contributed by atoms with E-state index in [2.05, 4.69) is 10.1 Å². The Morgan fingerprint density at radius 3 is 2.89 bits per heavy atom. The Kier molecular flexibility index (Phi) is 6.18. The first-order valence-corrected chi connectivity index (χ1v) is 9.12. The molecular weight excluding hydrogens is 346 g/mol. The van der Waals surface area contributed by atoms with Crippen LogP contribution in [0.5, 0.6) is 0 Å². The van der Waals surface area contributed by atoms with Crippen LogP contribution >= 0.6 is 0 Å². The largest absolute Gasteiger partial charge is 0.480 e. The molecule has 0 bridgehead atoms. The maximum absolute atomic E-state index is 12.7. The summed E-state index contributed by atoms with van der Waals surface area (Å²) in [6.07, 6.45) is 5.21. The normalized spacial score (nSPS) is 17.3. The van der Waals surface area contributed by atoms with Crippen molar-refractivity contribution in [3.8, 4) is 0 Å². The van der Waals surface area contributed by atoms with E-state index in [-0.39, 0.29) is 18.4 Å². The van der Waals surface area contributed by atoms with Gasteiger partial charge in [0.1, 0.15) is 6.54 Å². The third-order valence-electron chi connectivity index (χ3n) is 4.79. The molecule has 1 aliphatic rings. The number of aliphatic carboxylic acids is 1. The standard InChI is InChI=1S/C19H25N5O3/c1-22(12-16-6-2-3-8-20-16)13-18(25)23-10-4-5-15(11-23)17-7-9-21-24(17)14-19(26)27/h2-3,6-9,15H,4-5,10-14H2,1H3,(H,26,27)/t15-/m1/s1. The van der Waals surface area contributed by atoms with Crippen LogP contribution in [0, 0.1) is 0 Å². The minimum atomic E-state index is -0.917. The first kappa shape index (κ1) is 19.0. The highest BCUT2D eigenvalue weighted by Crippen LogP contribution is 2.27. The molecule has 2 aromatic heterocycles. The number of likely N-dealkylation sites (N-methyl/N-ethyl adjacent to an activating group) is 1. The van der Waals surface area contributed by atoms with Crippen LogP contribution < -0.4 is 0 Å². The van der Waals surface area contributed by atoms with Crippen LogP contribution in [0.1, 0.15) is 30.1 Å². The van der Waals surface area contributed by atoms with Gasteiger partial charge in [0.25, 0.3) is 0 Å². The van der Waals surface area contributed by atoms with Crippen molar-refractivity contribution in [2.24, 2.45) is 0 Å². The highest BCUT2D eigenvalue weighted by Gasteiger charge is 2.27. The Bertz CT molecular complexity index is 777. The fraction of sp³-hybridized carbons (Fsp3) is 0.474. The molecule has 27 heavy (non-hydrogen) atoms. The van der Waals surface area contributed by atoms with E-state index < -0.39 is 5.97 Å². The fourth-order valence-electron chi connectivity index (χ4n) is 3.55. The summed E-state index contributed by atoms with van der Waals surface area (Å²) >= 11 is 0. The molecule has 0 unspecified atom stereocenters. The number of carbonyl (C=O) groups is 2. The van der Waals surface area contributed by atoms with Crippen LogP contribution in [-0.2, 0) is 22.7 Å². The molecule has 0 aromatic carbocycles. The molecule has 8 heteroatoms. The molecule has 0 spiro atoms. The van der Waals surface area contributed by atoms with Crippen molar-refractivity contribution in [2.75, 3.05) is 26.7 Å². The second-order valence-electron chi connectivity index (χ2n) is 6.98. The van der Waals surface area contributed by atoms with Crippen LogP contribution in [0.25, 0.3) is 0 Å². The first-order valence-electron chi connectivity index (χ1n) is 9.12. The van der Waals surface area contributed by atoms with Crippen molar-refractivity contribution >= 4 is 11.9 Å². The predicted molar refractivity (Wildman–Crippen MR) is 99.0 cm³/mol. The second kappa shape index (κ2) is 8.77. The number of hydrogen-bond acceptors (Lipinski definition) is 5. The van der Waals surface area contributed by atoms with Crippen molar-refractivity contribution in [3.05, 3.63) is 48.0 Å². The second-order valence-corrected chi connectivity index (χ2v) is 6.98. The zero-order chi connectivity index (χ0) is 19.2. The summed E-state index contributed by atoms with van der Waals surface area (Å²) in [5.41, 5.74) is 1.82. The Balaban J connectivity index is 1.58. The van der Waals surface area contributed by atoms with Gasteiger partial charge in [0.05, 0.1) is 12.2 Å². The van der Waals surface area contributed by atoms with Crippen molar-refractivity contribution < 1.29 is 14.7 Å². The number of nitrogens with zero attached hydrogens (tertiary/aromatic N) is 5. The van der Waals surface area contributed by atoms with E-state index in [1.807, 2.05) is 41.1 Å². The molecule has 1 fully saturated rings. The highest BCUT2D eigenvalue weighted by molar-refractivity contribution is 5.78. The Morgan fingerprint density at radius 2 is 2.15 bits per heavy atom. The van der Waals surface area contributed by atoms with Gasteiger partial charge in [-0.05, 0) is 38.1 Å². The van der Waals surface area contributed by atoms with Crippen LogP contribution in [0.15, 0.2) is 36.7 Å². The van der Waals surface area contributed by atoms with Gasteiger partial charge in [-0.1, -0.05) is 6.07 Å². The van der Waals surface area contributed by atoms with E-state index in [1.54, 1.807) is 12.4 Å². The minimum Gasteiger partial charge on any atom is -0.480 e. The number of carbonyl (C=O) groups excluding carboxylic acids is 1. The van der Waals surface area contributed by atoms with Gasteiger partial charge in [-0.2, -0.15) is 5.10 Å². The minimum absolute atomic E-state index is 0.0856. The van der Waals surface area contributed by atoms with Gasteiger partial charge in [-0.25, -0.2) is 0 Å². The highest BCUT2D eigenvalue weighted by atomic mass is 16.4. The van der Waals surface area contributed by atoms with Crippen molar-refractivity contribution in [3.63, 3.8) is 0 Å². The molecule has 1 N–H and O–H groups in total. The maximum atomic E-state index is 12.7. The monoisotopic (exact) mass is 371 g/mol. The maximum Gasteiger partial charge on any atom is 0.325 e. The summed E-state index contributed by atoms with van der Waals surface area (Å²) in [6.45, 7) is 2.13. The number of piperidine rings is 1. The molecule has 8 nitrogen and oxygen atoms in total. The van der Waals surface area contributed by atoms with Crippen molar-refractivity contribution in [2.45, 2.75) is 31.8 Å². The number of likely N-dealkylation sites (tertiary alicyclic amines) is 1. The van der Waals surface area contributed by atoms with Crippen LogP contribution in [0.2, 0.25) is 0 Å². The van der Waals surface area contributed by atoms with Gasteiger partial charge in [-0.3, -0.25) is 24.2 Å². The van der Waals surface area contributed by atoms with E-state index >= 15 is 0 Å². The first-order chi connectivity index (χ1) is 13.0. The molecule has 0 saturated carbocycles. The van der Waals surface area contributed by atoms with Gasteiger partial charge >= 0.3 is 5.97 Å². The topological polar surface area (TPSA) is 91.6 Å². The summed E-state index contributed by atoms with van der Waals surface area (Å²) in [5.74, 6) is -0.715. The average Bonchev–Trinajstić information content (AvgIpc) is 3.10. The third kappa shape index (κ3) is 5.13. The van der Waals surface area contributed by atoms with Crippen LogP contribution in [0.3, 0.4) is 0 Å². The molecule has 3 heterocycles. The summed E-state index contributed by atoms with van der Waals surface area (Å²) in [6, 6.07) is 7.61. The number of hydrogen-bond donors (Lipinski definition) is 1. The van der Waals surface area contributed by atoms with E-state index in [0.29, 0.717) is 19.6 Å². The SMILES string of the molecule is CN(CC(=O)N1CCC[C@@H](c2ccnn2CC(=O)O)C1)Cc1ccccn1. The molecule has 1 saturated heterocycles. The lowest BCUT2D eigenvalue weighted by Gasteiger charge is -2.34. The van der Waals surface area contributed by atoms with Crippen molar-refractivity contribution in [1.82, 2.24) is 24.6 Å². The lowest BCUT2D eigenvalue weighted by Crippen LogP contribution is -2.44. The number of rotatable bonds is 7. The number of amides is 1.